The summed E-state index contributed by atoms with van der Waals surface area (Å²) in [5.41, 5.74) is 1.21. The van der Waals surface area contributed by atoms with Crippen LogP contribution in [-0.2, 0) is 0 Å². The highest BCUT2D eigenvalue weighted by atomic mass is 16.4. The van der Waals surface area contributed by atoms with Crippen LogP contribution in [0, 0.1) is 13.8 Å². The smallest absolute Gasteiger partial charge is 0.339 e. The molecule has 3 heteroatoms. The van der Waals surface area contributed by atoms with Crippen molar-refractivity contribution in [3.63, 3.8) is 0 Å². The Hall–Kier alpha value is -2.03. The van der Waals surface area contributed by atoms with Crippen LogP contribution in [0.25, 0.3) is 10.8 Å². The number of aryl methyl sites for hydroxylation is 2. The highest BCUT2D eigenvalue weighted by Crippen LogP contribution is 2.34. The third kappa shape index (κ3) is 1.33. The number of aromatic hydroxyl groups is 1. The molecular formula is C13H12O3. The first kappa shape index (κ1) is 10.5. The minimum Gasteiger partial charge on any atom is -0.507 e. The Balaban J connectivity index is 3.00. The first-order valence-corrected chi connectivity index (χ1v) is 4.98. The van der Waals surface area contributed by atoms with Crippen LogP contribution in [0.15, 0.2) is 24.3 Å². The maximum atomic E-state index is 11.1. The molecule has 16 heavy (non-hydrogen) atoms. The molecule has 0 aromatic heterocycles. The standard InChI is InChI=1S/C13H12O3/c1-7-9-5-3-4-6-10(9)8(2)12(14)11(7)13(15)16/h3-6,14H,1-2H3,(H,15,16). The van der Waals surface area contributed by atoms with Gasteiger partial charge >= 0.3 is 5.97 Å². The molecule has 2 aromatic rings. The largest absolute Gasteiger partial charge is 0.507 e. The fourth-order valence-electron chi connectivity index (χ4n) is 2.03. The number of carboxylic acids is 1. The summed E-state index contributed by atoms with van der Waals surface area (Å²) < 4.78 is 0. The van der Waals surface area contributed by atoms with Crippen molar-refractivity contribution in [3.8, 4) is 5.75 Å². The zero-order valence-corrected chi connectivity index (χ0v) is 9.11. The summed E-state index contributed by atoms with van der Waals surface area (Å²) in [6.45, 7) is 3.44. The number of benzene rings is 2. The van der Waals surface area contributed by atoms with Crippen molar-refractivity contribution in [1.82, 2.24) is 0 Å². The van der Waals surface area contributed by atoms with Crippen molar-refractivity contribution in [2.45, 2.75) is 13.8 Å². The molecule has 0 aliphatic rings. The molecule has 0 unspecified atom stereocenters. The number of rotatable bonds is 1. The Morgan fingerprint density at radius 2 is 1.56 bits per heavy atom. The van der Waals surface area contributed by atoms with Crippen LogP contribution in [0.4, 0.5) is 0 Å². The molecule has 0 aliphatic carbocycles. The summed E-state index contributed by atoms with van der Waals surface area (Å²) in [4.78, 5) is 11.1. The van der Waals surface area contributed by atoms with Crippen LogP contribution in [0.2, 0.25) is 0 Å². The van der Waals surface area contributed by atoms with Gasteiger partial charge in [-0.3, -0.25) is 0 Å². The van der Waals surface area contributed by atoms with Gasteiger partial charge in [0, 0.05) is 0 Å². The Morgan fingerprint density at radius 1 is 1.06 bits per heavy atom. The van der Waals surface area contributed by atoms with Gasteiger partial charge in [0.1, 0.15) is 11.3 Å². The average Bonchev–Trinajstić information content (AvgIpc) is 2.26. The second kappa shape index (κ2) is 3.52. The molecule has 0 aliphatic heterocycles. The van der Waals surface area contributed by atoms with Gasteiger partial charge in [0.05, 0.1) is 0 Å². The van der Waals surface area contributed by atoms with Gasteiger partial charge in [0.25, 0.3) is 0 Å². The second-order valence-electron chi connectivity index (χ2n) is 3.82. The number of phenols is 1. The van der Waals surface area contributed by atoms with Crippen molar-refractivity contribution >= 4 is 16.7 Å². The summed E-state index contributed by atoms with van der Waals surface area (Å²) in [7, 11) is 0. The number of hydrogen-bond acceptors (Lipinski definition) is 2. The number of carboxylic acid groups (broad SMARTS) is 1. The summed E-state index contributed by atoms with van der Waals surface area (Å²) in [6.07, 6.45) is 0. The molecule has 0 fully saturated rings. The van der Waals surface area contributed by atoms with Crippen LogP contribution in [-0.4, -0.2) is 16.2 Å². The Bertz CT molecular complexity index is 585. The van der Waals surface area contributed by atoms with E-state index in [0.29, 0.717) is 11.1 Å². The van der Waals surface area contributed by atoms with E-state index in [1.807, 2.05) is 24.3 Å². The highest BCUT2D eigenvalue weighted by molar-refractivity contribution is 6.02. The van der Waals surface area contributed by atoms with E-state index in [9.17, 15) is 9.90 Å². The molecule has 2 aromatic carbocycles. The minimum atomic E-state index is -1.09. The molecule has 0 heterocycles. The lowest BCUT2D eigenvalue weighted by atomic mass is 9.95. The molecule has 0 bridgehead atoms. The van der Waals surface area contributed by atoms with Gasteiger partial charge in [-0.05, 0) is 35.7 Å². The number of hydrogen-bond donors (Lipinski definition) is 2. The summed E-state index contributed by atoms with van der Waals surface area (Å²) >= 11 is 0. The third-order valence-corrected chi connectivity index (χ3v) is 2.92. The van der Waals surface area contributed by atoms with E-state index in [2.05, 4.69) is 0 Å². The van der Waals surface area contributed by atoms with Crippen LogP contribution in [0.1, 0.15) is 21.5 Å². The Kier molecular flexibility index (Phi) is 2.31. The second-order valence-corrected chi connectivity index (χ2v) is 3.82. The van der Waals surface area contributed by atoms with Gasteiger partial charge in [-0.1, -0.05) is 24.3 Å². The monoisotopic (exact) mass is 216 g/mol. The molecule has 2 rings (SSSR count). The van der Waals surface area contributed by atoms with Crippen molar-refractivity contribution in [3.05, 3.63) is 41.0 Å². The summed E-state index contributed by atoms with van der Waals surface area (Å²) in [5, 5.41) is 20.7. The van der Waals surface area contributed by atoms with Crippen LogP contribution in [0.3, 0.4) is 0 Å². The lowest BCUT2D eigenvalue weighted by Gasteiger charge is -2.12. The highest BCUT2D eigenvalue weighted by Gasteiger charge is 2.18. The molecule has 82 valence electrons. The number of carbonyl (C=O) groups is 1. The van der Waals surface area contributed by atoms with E-state index in [1.54, 1.807) is 13.8 Å². The molecule has 0 atom stereocenters. The summed E-state index contributed by atoms with van der Waals surface area (Å²) in [6, 6.07) is 7.47. The zero-order valence-electron chi connectivity index (χ0n) is 9.11. The van der Waals surface area contributed by atoms with Gasteiger partial charge < -0.3 is 10.2 Å². The predicted molar refractivity (Wildman–Crippen MR) is 62.0 cm³/mol. The van der Waals surface area contributed by atoms with Crippen molar-refractivity contribution < 1.29 is 15.0 Å². The van der Waals surface area contributed by atoms with Crippen LogP contribution < -0.4 is 0 Å². The molecule has 0 saturated heterocycles. The SMILES string of the molecule is Cc1c(O)c(C(=O)O)c(C)c2ccccc12. The van der Waals surface area contributed by atoms with Gasteiger partial charge in [0.2, 0.25) is 0 Å². The van der Waals surface area contributed by atoms with Crippen molar-refractivity contribution in [1.29, 1.82) is 0 Å². The lowest BCUT2D eigenvalue weighted by Crippen LogP contribution is -2.02. The Morgan fingerprint density at radius 3 is 2.06 bits per heavy atom. The van der Waals surface area contributed by atoms with Crippen LogP contribution >= 0.6 is 0 Å². The van der Waals surface area contributed by atoms with Gasteiger partial charge in [-0.25, -0.2) is 4.79 Å². The van der Waals surface area contributed by atoms with E-state index in [1.165, 1.54) is 0 Å². The van der Waals surface area contributed by atoms with E-state index in [-0.39, 0.29) is 11.3 Å². The fraction of sp³-hybridized carbons (Fsp3) is 0.154. The molecule has 0 amide bonds. The average molecular weight is 216 g/mol. The van der Waals surface area contributed by atoms with Crippen LogP contribution in [0.5, 0.6) is 5.75 Å². The molecule has 0 spiro atoms. The minimum absolute atomic E-state index is 0.00352. The molecule has 0 saturated carbocycles. The zero-order chi connectivity index (χ0) is 11.9. The summed E-state index contributed by atoms with van der Waals surface area (Å²) in [5.74, 6) is -1.23. The topological polar surface area (TPSA) is 57.5 Å². The van der Waals surface area contributed by atoms with E-state index in [4.69, 9.17) is 5.11 Å². The van der Waals surface area contributed by atoms with Crippen molar-refractivity contribution in [2.75, 3.05) is 0 Å². The molecule has 2 N–H and O–H groups in total. The first-order valence-electron chi connectivity index (χ1n) is 4.98. The molecular weight excluding hydrogens is 204 g/mol. The lowest BCUT2D eigenvalue weighted by molar-refractivity contribution is 0.0693. The maximum Gasteiger partial charge on any atom is 0.339 e. The van der Waals surface area contributed by atoms with Gasteiger partial charge in [-0.2, -0.15) is 0 Å². The van der Waals surface area contributed by atoms with Gasteiger partial charge in [-0.15, -0.1) is 0 Å². The number of aromatic carboxylic acids is 1. The third-order valence-electron chi connectivity index (χ3n) is 2.92. The maximum absolute atomic E-state index is 11.1. The molecule has 3 nitrogen and oxygen atoms in total. The normalized spacial score (nSPS) is 10.6. The predicted octanol–water partition coefficient (Wildman–Crippen LogP) is 2.86. The first-order chi connectivity index (χ1) is 7.54. The van der Waals surface area contributed by atoms with Crippen molar-refractivity contribution in [2.24, 2.45) is 0 Å². The quantitative estimate of drug-likeness (QED) is 0.770. The number of fused-ring (bicyclic) bond motifs is 1. The molecule has 0 radical (unpaired) electrons. The van der Waals surface area contributed by atoms with E-state index >= 15 is 0 Å². The van der Waals surface area contributed by atoms with E-state index < -0.39 is 5.97 Å². The fourth-order valence-corrected chi connectivity index (χ4v) is 2.03. The van der Waals surface area contributed by atoms with E-state index in [0.717, 1.165) is 10.8 Å². The van der Waals surface area contributed by atoms with Gasteiger partial charge in [0.15, 0.2) is 0 Å². The Labute approximate surface area is 93.0 Å².